The van der Waals surface area contributed by atoms with Crippen LogP contribution in [-0.2, 0) is 13.2 Å². The number of carbonyl (C=O) groups is 1. The highest BCUT2D eigenvalue weighted by Crippen LogP contribution is 2.32. The fraction of sp³-hybridized carbons (Fsp3) is 0.133. The van der Waals surface area contributed by atoms with Gasteiger partial charge < -0.3 is 9.88 Å². The number of imidazole rings is 1. The van der Waals surface area contributed by atoms with Crippen LogP contribution in [0.1, 0.15) is 15.9 Å². The molecule has 0 spiro atoms. The molecule has 9 heteroatoms. The monoisotopic (exact) mass is 354 g/mol. The van der Waals surface area contributed by atoms with Crippen molar-refractivity contribution in [2.45, 2.75) is 6.18 Å². The number of hydrogen-bond acceptors (Lipinski definition) is 3. The largest absolute Gasteiger partial charge is 0.417 e. The zero-order chi connectivity index (χ0) is 17.5. The number of amides is 1. The number of rotatable bonds is 2. The second-order valence-corrected chi connectivity index (χ2v) is 5.40. The first kappa shape index (κ1) is 16.3. The summed E-state index contributed by atoms with van der Waals surface area (Å²) in [6.45, 7) is 0. The molecule has 0 aliphatic carbocycles. The summed E-state index contributed by atoms with van der Waals surface area (Å²) in [6, 6.07) is 6.05. The van der Waals surface area contributed by atoms with Crippen LogP contribution in [-0.4, -0.2) is 20.4 Å². The quantitative estimate of drug-likeness (QED) is 0.710. The molecule has 0 aliphatic rings. The molecule has 0 radical (unpaired) electrons. The molecule has 0 bridgehead atoms. The number of benzene rings is 1. The predicted molar refractivity (Wildman–Crippen MR) is 82.9 cm³/mol. The Balaban J connectivity index is 2.03. The maximum absolute atomic E-state index is 13.0. The summed E-state index contributed by atoms with van der Waals surface area (Å²) in [5.41, 5.74) is -0.605. The molecule has 5 nitrogen and oxygen atoms in total. The maximum Gasteiger partial charge on any atom is 0.417 e. The molecule has 2 heterocycles. The van der Waals surface area contributed by atoms with Gasteiger partial charge in [0.2, 0.25) is 0 Å². The molecule has 1 N–H and O–H groups in total. The fourth-order valence-electron chi connectivity index (χ4n) is 2.29. The van der Waals surface area contributed by atoms with Crippen molar-refractivity contribution in [3.05, 3.63) is 52.9 Å². The molecule has 3 aromatic rings. The summed E-state index contributed by atoms with van der Waals surface area (Å²) in [6.07, 6.45) is -3.15. The molecular weight excluding hydrogens is 345 g/mol. The molecule has 1 aromatic carbocycles. The van der Waals surface area contributed by atoms with Gasteiger partial charge >= 0.3 is 6.18 Å². The lowest BCUT2D eigenvalue weighted by Crippen LogP contribution is -2.19. The second kappa shape index (κ2) is 5.79. The third kappa shape index (κ3) is 2.92. The Morgan fingerprint density at radius 1 is 1.29 bits per heavy atom. The Labute approximate surface area is 139 Å². The standard InChI is InChI=1S/C15H10ClF3N4O/c1-23-7-20-12-10(23)6-11(16)21-13(12)22-14(24)8-4-2-3-5-9(8)15(17,18)19/h2-7H,1H3,(H,21,22,24). The van der Waals surface area contributed by atoms with Crippen molar-refractivity contribution in [2.75, 3.05) is 5.32 Å². The molecule has 2 aromatic heterocycles. The first-order chi connectivity index (χ1) is 11.3. The second-order valence-electron chi connectivity index (χ2n) is 5.01. The predicted octanol–water partition coefficient (Wildman–Crippen LogP) is 3.89. The van der Waals surface area contributed by atoms with E-state index in [4.69, 9.17) is 11.6 Å². The van der Waals surface area contributed by atoms with Crippen LogP contribution >= 0.6 is 11.6 Å². The summed E-state index contributed by atoms with van der Waals surface area (Å²) >= 11 is 5.90. The lowest BCUT2D eigenvalue weighted by atomic mass is 10.1. The Morgan fingerprint density at radius 2 is 2.00 bits per heavy atom. The molecule has 0 aliphatic heterocycles. The van der Waals surface area contributed by atoms with Crippen molar-refractivity contribution in [2.24, 2.45) is 7.05 Å². The van der Waals surface area contributed by atoms with Crippen LogP contribution in [0.15, 0.2) is 36.7 Å². The van der Waals surface area contributed by atoms with E-state index in [1.165, 1.54) is 18.5 Å². The van der Waals surface area contributed by atoms with Gasteiger partial charge in [-0.25, -0.2) is 9.97 Å². The van der Waals surface area contributed by atoms with Gasteiger partial charge in [-0.15, -0.1) is 0 Å². The van der Waals surface area contributed by atoms with E-state index in [0.717, 1.165) is 12.1 Å². The average molecular weight is 355 g/mol. The van der Waals surface area contributed by atoms with E-state index in [9.17, 15) is 18.0 Å². The highest BCUT2D eigenvalue weighted by Gasteiger charge is 2.35. The zero-order valence-electron chi connectivity index (χ0n) is 12.2. The van der Waals surface area contributed by atoms with Crippen LogP contribution in [0, 0.1) is 0 Å². The van der Waals surface area contributed by atoms with E-state index in [1.807, 2.05) is 0 Å². The van der Waals surface area contributed by atoms with Gasteiger partial charge in [0.25, 0.3) is 5.91 Å². The Kier molecular flexibility index (Phi) is 3.92. The first-order valence-corrected chi connectivity index (χ1v) is 7.10. The van der Waals surface area contributed by atoms with E-state index >= 15 is 0 Å². The van der Waals surface area contributed by atoms with Crippen LogP contribution in [0.2, 0.25) is 5.15 Å². The summed E-state index contributed by atoms with van der Waals surface area (Å²) in [5, 5.41) is 2.45. The third-order valence-corrected chi connectivity index (χ3v) is 3.58. The van der Waals surface area contributed by atoms with Crippen molar-refractivity contribution in [1.29, 1.82) is 0 Å². The van der Waals surface area contributed by atoms with Gasteiger partial charge in [0.1, 0.15) is 10.7 Å². The normalized spacial score (nSPS) is 11.7. The summed E-state index contributed by atoms with van der Waals surface area (Å²) < 4.78 is 40.8. The number of anilines is 1. The number of nitrogens with zero attached hydrogens (tertiary/aromatic N) is 3. The SMILES string of the molecule is Cn1cnc2c(NC(=O)c3ccccc3C(F)(F)F)nc(Cl)cc21. The minimum Gasteiger partial charge on any atom is -0.334 e. The molecule has 24 heavy (non-hydrogen) atoms. The molecule has 0 saturated carbocycles. The average Bonchev–Trinajstić information content (AvgIpc) is 2.88. The number of nitrogens with one attached hydrogen (secondary N) is 1. The van der Waals surface area contributed by atoms with E-state index < -0.39 is 23.2 Å². The Hall–Kier alpha value is -2.61. The van der Waals surface area contributed by atoms with Crippen molar-refractivity contribution in [3.63, 3.8) is 0 Å². The molecule has 0 atom stereocenters. The van der Waals surface area contributed by atoms with E-state index in [-0.39, 0.29) is 11.0 Å². The van der Waals surface area contributed by atoms with Gasteiger partial charge in [0, 0.05) is 13.1 Å². The molecule has 0 saturated heterocycles. The number of alkyl halides is 3. The maximum atomic E-state index is 13.0. The van der Waals surface area contributed by atoms with E-state index in [2.05, 4.69) is 15.3 Å². The van der Waals surface area contributed by atoms with Crippen molar-refractivity contribution in [3.8, 4) is 0 Å². The van der Waals surface area contributed by atoms with Gasteiger partial charge in [-0.1, -0.05) is 23.7 Å². The number of pyridine rings is 1. The Morgan fingerprint density at radius 3 is 2.71 bits per heavy atom. The fourth-order valence-corrected chi connectivity index (χ4v) is 2.48. The van der Waals surface area contributed by atoms with Crippen LogP contribution in [0.5, 0.6) is 0 Å². The summed E-state index contributed by atoms with van der Waals surface area (Å²) in [7, 11) is 1.72. The first-order valence-electron chi connectivity index (χ1n) is 6.72. The molecule has 3 rings (SSSR count). The van der Waals surface area contributed by atoms with E-state index in [0.29, 0.717) is 11.0 Å². The number of aryl methyl sites for hydroxylation is 1. The third-order valence-electron chi connectivity index (χ3n) is 3.39. The molecule has 0 unspecified atom stereocenters. The van der Waals surface area contributed by atoms with Crippen molar-refractivity contribution in [1.82, 2.24) is 14.5 Å². The van der Waals surface area contributed by atoms with Crippen molar-refractivity contribution >= 4 is 34.4 Å². The highest BCUT2D eigenvalue weighted by atomic mass is 35.5. The minimum absolute atomic E-state index is 0.0000718. The van der Waals surface area contributed by atoms with Gasteiger partial charge in [-0.3, -0.25) is 4.79 Å². The van der Waals surface area contributed by atoms with Crippen LogP contribution in [0.25, 0.3) is 11.0 Å². The summed E-state index contributed by atoms with van der Waals surface area (Å²) in [4.78, 5) is 20.3. The molecular formula is C15H10ClF3N4O. The summed E-state index contributed by atoms with van der Waals surface area (Å²) in [5.74, 6) is -0.940. The minimum atomic E-state index is -4.64. The molecule has 1 amide bonds. The van der Waals surface area contributed by atoms with Gasteiger partial charge in [0.05, 0.1) is 23.0 Å². The Bertz CT molecular complexity index is 936. The van der Waals surface area contributed by atoms with Crippen molar-refractivity contribution < 1.29 is 18.0 Å². The number of hydrogen-bond donors (Lipinski definition) is 1. The lowest BCUT2D eigenvalue weighted by molar-refractivity contribution is -0.137. The zero-order valence-corrected chi connectivity index (χ0v) is 13.0. The van der Waals surface area contributed by atoms with E-state index in [1.54, 1.807) is 17.7 Å². The number of fused-ring (bicyclic) bond motifs is 1. The lowest BCUT2D eigenvalue weighted by Gasteiger charge is -2.12. The highest BCUT2D eigenvalue weighted by molar-refractivity contribution is 6.30. The smallest absolute Gasteiger partial charge is 0.334 e. The number of carbonyl (C=O) groups excluding carboxylic acids is 1. The van der Waals surface area contributed by atoms with Gasteiger partial charge in [0.15, 0.2) is 5.82 Å². The van der Waals surface area contributed by atoms with Gasteiger partial charge in [-0.2, -0.15) is 13.2 Å². The topological polar surface area (TPSA) is 59.8 Å². The van der Waals surface area contributed by atoms with Crippen LogP contribution < -0.4 is 5.32 Å². The van der Waals surface area contributed by atoms with Gasteiger partial charge in [-0.05, 0) is 12.1 Å². The van der Waals surface area contributed by atoms with Crippen LogP contribution in [0.3, 0.4) is 0 Å². The number of halogens is 4. The molecule has 0 fully saturated rings. The molecule has 124 valence electrons. The number of aromatic nitrogens is 3. The van der Waals surface area contributed by atoms with Crippen LogP contribution in [0.4, 0.5) is 19.0 Å².